The summed E-state index contributed by atoms with van der Waals surface area (Å²) in [6, 6.07) is 10.7. The Hall–Kier alpha value is -1.22. The number of benzene rings is 2. The van der Waals surface area contributed by atoms with Crippen LogP contribution in [0.4, 0.5) is 0 Å². The second kappa shape index (κ2) is 5.83. The van der Waals surface area contributed by atoms with E-state index in [-0.39, 0.29) is 0 Å². The van der Waals surface area contributed by atoms with Crippen molar-refractivity contribution >= 4 is 23.2 Å². The number of ether oxygens (including phenoxy) is 1. The molecule has 19 heavy (non-hydrogen) atoms. The van der Waals surface area contributed by atoms with Gasteiger partial charge in [0.15, 0.2) is 0 Å². The van der Waals surface area contributed by atoms with Gasteiger partial charge in [0.05, 0.1) is 12.1 Å². The molecule has 0 saturated carbocycles. The fourth-order valence-corrected chi connectivity index (χ4v) is 2.36. The van der Waals surface area contributed by atoms with E-state index in [1.54, 1.807) is 31.4 Å². The minimum Gasteiger partial charge on any atom is -0.496 e. The monoisotopic (exact) mass is 296 g/mol. The van der Waals surface area contributed by atoms with Crippen LogP contribution in [-0.4, -0.2) is 12.2 Å². The maximum absolute atomic E-state index is 10.5. The van der Waals surface area contributed by atoms with Gasteiger partial charge in [-0.1, -0.05) is 41.4 Å². The van der Waals surface area contributed by atoms with Crippen LogP contribution in [0.1, 0.15) is 22.8 Å². The molecule has 0 spiro atoms. The predicted octanol–water partition coefficient (Wildman–Crippen LogP) is 4.39. The van der Waals surface area contributed by atoms with Crippen LogP contribution in [0.2, 0.25) is 10.0 Å². The van der Waals surface area contributed by atoms with Gasteiger partial charge in [-0.15, -0.1) is 0 Å². The Kier molecular flexibility index (Phi) is 4.35. The van der Waals surface area contributed by atoms with Gasteiger partial charge in [0.2, 0.25) is 0 Å². The number of methoxy groups -OCH3 is 1. The minimum atomic E-state index is -0.873. The van der Waals surface area contributed by atoms with Gasteiger partial charge in [0, 0.05) is 10.6 Å². The summed E-state index contributed by atoms with van der Waals surface area (Å²) in [4.78, 5) is 0. The number of aliphatic hydroxyl groups excluding tert-OH is 1. The first-order valence-electron chi connectivity index (χ1n) is 5.81. The molecule has 0 saturated heterocycles. The second-order valence-electron chi connectivity index (χ2n) is 4.27. The molecule has 0 fully saturated rings. The summed E-state index contributed by atoms with van der Waals surface area (Å²) < 4.78 is 5.25. The summed E-state index contributed by atoms with van der Waals surface area (Å²) in [7, 11) is 1.55. The molecule has 0 aliphatic rings. The largest absolute Gasteiger partial charge is 0.496 e. The molecule has 0 aliphatic heterocycles. The summed E-state index contributed by atoms with van der Waals surface area (Å²) in [6.07, 6.45) is -0.873. The van der Waals surface area contributed by atoms with Crippen molar-refractivity contribution in [2.45, 2.75) is 13.0 Å². The zero-order valence-corrected chi connectivity index (χ0v) is 12.2. The molecule has 0 aromatic heterocycles. The zero-order valence-electron chi connectivity index (χ0n) is 10.7. The van der Waals surface area contributed by atoms with E-state index in [4.69, 9.17) is 27.9 Å². The second-order valence-corrected chi connectivity index (χ2v) is 5.08. The van der Waals surface area contributed by atoms with Gasteiger partial charge in [-0.05, 0) is 36.2 Å². The van der Waals surface area contributed by atoms with Gasteiger partial charge in [0.25, 0.3) is 0 Å². The number of hydrogen-bond donors (Lipinski definition) is 1. The molecule has 0 aliphatic carbocycles. The zero-order chi connectivity index (χ0) is 14.0. The lowest BCUT2D eigenvalue weighted by Crippen LogP contribution is -2.03. The van der Waals surface area contributed by atoms with Crippen molar-refractivity contribution in [1.29, 1.82) is 0 Å². The van der Waals surface area contributed by atoms with Gasteiger partial charge in [-0.3, -0.25) is 0 Å². The number of aryl methyl sites for hydroxylation is 1. The van der Waals surface area contributed by atoms with Gasteiger partial charge in [0.1, 0.15) is 11.9 Å². The lowest BCUT2D eigenvalue weighted by Gasteiger charge is -2.17. The van der Waals surface area contributed by atoms with Crippen molar-refractivity contribution in [2.75, 3.05) is 7.11 Å². The highest BCUT2D eigenvalue weighted by molar-refractivity contribution is 6.32. The quantitative estimate of drug-likeness (QED) is 0.910. The smallest absolute Gasteiger partial charge is 0.126 e. The summed E-state index contributed by atoms with van der Waals surface area (Å²) in [6.45, 7) is 1.91. The minimum absolute atomic E-state index is 0.462. The Morgan fingerprint density at radius 3 is 2.47 bits per heavy atom. The molecule has 100 valence electrons. The van der Waals surface area contributed by atoms with Crippen molar-refractivity contribution < 1.29 is 9.84 Å². The third-order valence-corrected chi connectivity index (χ3v) is 3.75. The van der Waals surface area contributed by atoms with Crippen LogP contribution in [-0.2, 0) is 0 Å². The van der Waals surface area contributed by atoms with Crippen molar-refractivity contribution in [3.63, 3.8) is 0 Å². The Bertz CT molecular complexity index is 597. The van der Waals surface area contributed by atoms with Crippen LogP contribution in [0.3, 0.4) is 0 Å². The highest BCUT2D eigenvalue weighted by Crippen LogP contribution is 2.36. The molecule has 2 rings (SSSR count). The first-order chi connectivity index (χ1) is 9.04. The molecule has 0 radical (unpaired) electrons. The summed E-state index contributed by atoms with van der Waals surface area (Å²) >= 11 is 12.2. The maximum atomic E-state index is 10.5. The van der Waals surface area contributed by atoms with E-state index in [1.807, 2.05) is 19.1 Å². The molecular weight excluding hydrogens is 283 g/mol. The number of rotatable bonds is 3. The maximum Gasteiger partial charge on any atom is 0.126 e. The SMILES string of the molecule is COc1cccc(Cl)c1C(O)c1ccc(C)c(Cl)c1. The Morgan fingerprint density at radius 1 is 1.11 bits per heavy atom. The van der Waals surface area contributed by atoms with Gasteiger partial charge >= 0.3 is 0 Å². The molecular formula is C15H14Cl2O2. The third kappa shape index (κ3) is 2.86. The fourth-order valence-electron chi connectivity index (χ4n) is 1.91. The molecule has 1 unspecified atom stereocenters. The number of hydrogen-bond acceptors (Lipinski definition) is 2. The van der Waals surface area contributed by atoms with Crippen molar-refractivity contribution in [3.8, 4) is 5.75 Å². The highest BCUT2D eigenvalue weighted by atomic mass is 35.5. The van der Waals surface area contributed by atoms with Crippen molar-refractivity contribution in [2.24, 2.45) is 0 Å². The first-order valence-corrected chi connectivity index (χ1v) is 6.56. The summed E-state index contributed by atoms with van der Waals surface area (Å²) in [5, 5.41) is 11.6. The van der Waals surface area contributed by atoms with Crippen molar-refractivity contribution in [1.82, 2.24) is 0 Å². The van der Waals surface area contributed by atoms with Crippen LogP contribution < -0.4 is 4.74 Å². The summed E-state index contributed by atoms with van der Waals surface area (Å²) in [5.74, 6) is 0.552. The van der Waals surface area contributed by atoms with E-state index >= 15 is 0 Å². The fraction of sp³-hybridized carbons (Fsp3) is 0.200. The Labute approximate surface area is 122 Å². The average Bonchev–Trinajstić information content (AvgIpc) is 2.40. The molecule has 2 nitrogen and oxygen atoms in total. The van der Waals surface area contributed by atoms with Crippen LogP contribution in [0.15, 0.2) is 36.4 Å². The van der Waals surface area contributed by atoms with E-state index in [9.17, 15) is 5.11 Å². The molecule has 1 atom stereocenters. The first kappa shape index (κ1) is 14.2. The van der Waals surface area contributed by atoms with Gasteiger partial charge in [-0.25, -0.2) is 0 Å². The van der Waals surface area contributed by atoms with E-state index < -0.39 is 6.10 Å². The van der Waals surface area contributed by atoms with E-state index in [0.29, 0.717) is 26.9 Å². The van der Waals surface area contributed by atoms with E-state index in [1.165, 1.54) is 0 Å². The van der Waals surface area contributed by atoms with Gasteiger partial charge in [-0.2, -0.15) is 0 Å². The van der Waals surface area contributed by atoms with Gasteiger partial charge < -0.3 is 9.84 Å². The Balaban J connectivity index is 2.49. The molecule has 2 aromatic rings. The number of halogens is 2. The molecule has 2 aromatic carbocycles. The highest BCUT2D eigenvalue weighted by Gasteiger charge is 2.19. The standard InChI is InChI=1S/C15H14Cl2O2/c1-9-6-7-10(8-12(9)17)15(18)14-11(16)4-3-5-13(14)19-2/h3-8,15,18H,1-2H3. The Morgan fingerprint density at radius 2 is 1.84 bits per heavy atom. The normalized spacial score (nSPS) is 12.3. The van der Waals surface area contributed by atoms with E-state index in [2.05, 4.69) is 0 Å². The molecule has 1 N–H and O–H groups in total. The average molecular weight is 297 g/mol. The summed E-state index contributed by atoms with van der Waals surface area (Å²) in [5.41, 5.74) is 2.19. The van der Waals surface area contributed by atoms with Crippen LogP contribution in [0.25, 0.3) is 0 Å². The van der Waals surface area contributed by atoms with Crippen LogP contribution in [0, 0.1) is 6.92 Å². The topological polar surface area (TPSA) is 29.5 Å². The van der Waals surface area contributed by atoms with Crippen LogP contribution in [0.5, 0.6) is 5.75 Å². The third-order valence-electron chi connectivity index (χ3n) is 3.02. The lowest BCUT2D eigenvalue weighted by atomic mass is 9.99. The molecule has 4 heteroatoms. The van der Waals surface area contributed by atoms with Crippen molar-refractivity contribution in [3.05, 3.63) is 63.1 Å². The van der Waals surface area contributed by atoms with E-state index in [0.717, 1.165) is 5.56 Å². The predicted molar refractivity (Wildman–Crippen MR) is 78.3 cm³/mol. The van der Waals surface area contributed by atoms with Crippen LogP contribution >= 0.6 is 23.2 Å². The molecule has 0 heterocycles. The lowest BCUT2D eigenvalue weighted by molar-refractivity contribution is 0.215. The number of aliphatic hydroxyl groups is 1. The molecule has 0 bridgehead atoms. The molecule has 0 amide bonds.